The SMILES string of the molecule is O=P(O)(OCCCCCCS)O[C@H]1C(O[C@H]2OC(CO[C@H]3OC(CO[C@H]4OC(CO)[C@@H](O)[C@H](O)C4O[C@H]4OC(CO)[C@@H](O)[C@H](O)C4O)[C@@H](O)[C@H](O)C3O)[C@@H](O)[C@H](O)C2O)C(O)[C@H](O)C(O)[C@@H]1O[C@H]1OC(CO)[C@@H](O)[C@H](O)C1O. The van der Waals surface area contributed by atoms with E-state index in [4.69, 9.17) is 56.4 Å². The van der Waals surface area contributed by atoms with Gasteiger partial charge in [0.25, 0.3) is 0 Å². The standard InChI is InChI=1S/C42H75O34PS/c43-7-12-17(46)22(51)31(60)39(68-12)73-34-28(57)26(55)29(58)35(37(34)76-77(63,64)67-5-3-1-2-4-6-78)74-41-33(62)25(54)21(50)16(72-41)10-65-38-30(59)24(53)20(49)15(71-38)11-66-42-36(27(56)19(48)14(9-45)70-42)75-40-32(61)23(52)18(47)13(8-44)69-40/h12-62,78H,1-11H2,(H,63,64)/t12?,13?,14?,15?,16?,17-,18-,19-,20-,21-,22+,23+,24+,25+,26-,27+,28?,29?,30?,31?,32?,33?,34+,35?,36?,37-,38+,39-,40-,41-,42+/m1/s1. The molecule has 32 atom stereocenters. The van der Waals surface area contributed by atoms with E-state index >= 15 is 0 Å². The predicted octanol–water partition coefficient (Wildman–Crippen LogP) is -12.1. The van der Waals surface area contributed by atoms with Crippen molar-refractivity contribution in [2.24, 2.45) is 0 Å². The smallest absolute Gasteiger partial charge is 0.394 e. The topological polar surface area (TPSA) is 553 Å². The first-order valence-corrected chi connectivity index (χ1v) is 27.1. The molecule has 1 aliphatic carbocycles. The molecule has 78 heavy (non-hydrogen) atoms. The lowest BCUT2D eigenvalue weighted by atomic mass is 9.84. The fourth-order valence-electron chi connectivity index (χ4n) is 9.43. The number of hydrogen-bond acceptors (Lipinski definition) is 34. The second kappa shape index (κ2) is 29.4. The van der Waals surface area contributed by atoms with E-state index in [0.29, 0.717) is 25.0 Å². The molecule has 0 aromatic heterocycles. The van der Waals surface area contributed by atoms with Gasteiger partial charge in [0.1, 0.15) is 159 Å². The zero-order valence-electron chi connectivity index (χ0n) is 41.3. The van der Waals surface area contributed by atoms with Crippen molar-refractivity contribution in [3.63, 3.8) is 0 Å². The zero-order valence-corrected chi connectivity index (χ0v) is 43.1. The normalized spacial score (nSPS) is 49.3. The average molecular weight is 1190 g/mol. The largest absolute Gasteiger partial charge is 0.472 e. The third-order valence-electron chi connectivity index (χ3n) is 14.2. The Morgan fingerprint density at radius 2 is 0.679 bits per heavy atom. The van der Waals surface area contributed by atoms with E-state index in [0.717, 1.165) is 0 Å². The van der Waals surface area contributed by atoms with Crippen LogP contribution in [-0.4, -0.2) is 343 Å². The highest BCUT2D eigenvalue weighted by Gasteiger charge is 2.59. The van der Waals surface area contributed by atoms with Crippen LogP contribution in [0.1, 0.15) is 25.7 Å². The molecule has 1 saturated carbocycles. The number of thiol groups is 1. The minimum atomic E-state index is -5.36. The number of ether oxygens (including phenoxy) is 10. The molecule has 0 radical (unpaired) electrons. The Morgan fingerprint density at radius 1 is 0.359 bits per heavy atom. The number of aliphatic hydroxyl groups is 20. The summed E-state index contributed by atoms with van der Waals surface area (Å²) in [5.74, 6) is 0.569. The van der Waals surface area contributed by atoms with Gasteiger partial charge in [0.15, 0.2) is 31.5 Å². The van der Waals surface area contributed by atoms with Crippen molar-refractivity contribution in [2.75, 3.05) is 45.4 Å². The van der Waals surface area contributed by atoms with E-state index in [9.17, 15) is 112 Å². The van der Waals surface area contributed by atoms with Crippen LogP contribution in [0.15, 0.2) is 0 Å². The Hall–Kier alpha value is -0.740. The Balaban J connectivity index is 1.17. The maximum atomic E-state index is 13.5. The summed E-state index contributed by atoms with van der Waals surface area (Å²) in [6.45, 7) is -5.03. The van der Waals surface area contributed by atoms with Gasteiger partial charge < -0.3 is 154 Å². The lowest BCUT2D eigenvalue weighted by molar-refractivity contribution is -0.375. The molecule has 0 bridgehead atoms. The van der Waals surface area contributed by atoms with Gasteiger partial charge in [-0.1, -0.05) is 12.8 Å². The molecule has 0 aromatic carbocycles. The first-order chi connectivity index (χ1) is 36.8. The molecule has 6 rings (SSSR count). The van der Waals surface area contributed by atoms with E-state index in [2.05, 4.69) is 12.6 Å². The van der Waals surface area contributed by atoms with Crippen LogP contribution in [-0.2, 0) is 61.0 Å². The Morgan fingerprint density at radius 3 is 1.12 bits per heavy atom. The fourth-order valence-corrected chi connectivity index (χ4v) is 10.6. The van der Waals surface area contributed by atoms with Crippen LogP contribution < -0.4 is 0 Å². The van der Waals surface area contributed by atoms with Gasteiger partial charge in [-0.15, -0.1) is 0 Å². The Kier molecular flexibility index (Phi) is 25.0. The molecule has 36 heteroatoms. The molecule has 0 spiro atoms. The van der Waals surface area contributed by atoms with E-state index < -0.39 is 238 Å². The lowest BCUT2D eigenvalue weighted by Gasteiger charge is -2.49. The molecular weight excluding hydrogens is 1110 g/mol. The second-order valence-corrected chi connectivity index (χ2v) is 21.4. The summed E-state index contributed by atoms with van der Waals surface area (Å²) in [6.07, 6.45) is -61.2. The monoisotopic (exact) mass is 1190 g/mol. The highest BCUT2D eigenvalue weighted by Crippen LogP contribution is 2.49. The van der Waals surface area contributed by atoms with Crippen LogP contribution in [0.2, 0.25) is 0 Å². The molecule has 34 nitrogen and oxygen atoms in total. The van der Waals surface area contributed by atoms with Gasteiger partial charge >= 0.3 is 7.82 Å². The molecule has 5 aliphatic heterocycles. The van der Waals surface area contributed by atoms with Crippen molar-refractivity contribution >= 4 is 20.5 Å². The van der Waals surface area contributed by atoms with Crippen LogP contribution >= 0.6 is 20.5 Å². The number of hydrogen-bond donors (Lipinski definition) is 22. The number of phosphoric ester groups is 1. The number of aliphatic hydroxyl groups excluding tert-OH is 20. The maximum Gasteiger partial charge on any atom is 0.472 e. The van der Waals surface area contributed by atoms with Gasteiger partial charge in [-0.05, 0) is 18.6 Å². The summed E-state index contributed by atoms with van der Waals surface area (Å²) in [4.78, 5) is 10.9. The summed E-state index contributed by atoms with van der Waals surface area (Å²) in [5.41, 5.74) is 0. The fraction of sp³-hybridized carbons (Fsp3) is 1.00. The van der Waals surface area contributed by atoms with Crippen LogP contribution in [0, 0.1) is 0 Å². The molecule has 21 N–H and O–H groups in total. The molecule has 458 valence electrons. The van der Waals surface area contributed by atoms with E-state index in [1.807, 2.05) is 0 Å². The van der Waals surface area contributed by atoms with Crippen LogP contribution in [0.25, 0.3) is 0 Å². The Bertz CT molecular complexity index is 1840. The lowest BCUT2D eigenvalue weighted by Crippen LogP contribution is -2.69. The van der Waals surface area contributed by atoms with Gasteiger partial charge in [0.05, 0.1) is 39.6 Å². The molecule has 5 saturated heterocycles. The molecule has 5 heterocycles. The first-order valence-electron chi connectivity index (χ1n) is 25.0. The summed E-state index contributed by atoms with van der Waals surface area (Å²) in [6, 6.07) is 0. The quantitative estimate of drug-likeness (QED) is 0.0242. The van der Waals surface area contributed by atoms with Crippen molar-refractivity contribution in [2.45, 2.75) is 216 Å². The number of phosphoric acid groups is 1. The van der Waals surface area contributed by atoms with E-state index in [1.165, 1.54) is 0 Å². The van der Waals surface area contributed by atoms with Gasteiger partial charge in [0.2, 0.25) is 0 Å². The minimum absolute atomic E-state index is 0.217. The van der Waals surface area contributed by atoms with Gasteiger partial charge in [-0.3, -0.25) is 9.05 Å². The minimum Gasteiger partial charge on any atom is -0.394 e. The van der Waals surface area contributed by atoms with E-state index in [1.54, 1.807) is 0 Å². The zero-order chi connectivity index (χ0) is 57.7. The van der Waals surface area contributed by atoms with Crippen LogP contribution in [0.3, 0.4) is 0 Å². The predicted molar refractivity (Wildman–Crippen MR) is 246 cm³/mol. The summed E-state index contributed by atoms with van der Waals surface area (Å²) in [7, 11) is -5.36. The van der Waals surface area contributed by atoms with Crippen molar-refractivity contribution in [1.82, 2.24) is 0 Å². The highest BCUT2D eigenvalue weighted by molar-refractivity contribution is 7.80. The first kappa shape index (κ1) is 66.4. The molecule has 0 amide bonds. The third kappa shape index (κ3) is 15.2. The maximum absolute atomic E-state index is 13.5. The highest BCUT2D eigenvalue weighted by atomic mass is 32.1. The number of unbranched alkanes of at least 4 members (excludes halogenated alkanes) is 3. The van der Waals surface area contributed by atoms with Crippen molar-refractivity contribution in [3.8, 4) is 0 Å². The summed E-state index contributed by atoms with van der Waals surface area (Å²) < 4.78 is 80.0. The Labute approximate surface area is 448 Å². The number of rotatable bonds is 24. The summed E-state index contributed by atoms with van der Waals surface area (Å²) in [5, 5.41) is 213. The van der Waals surface area contributed by atoms with Gasteiger partial charge in [-0.2, -0.15) is 12.6 Å². The van der Waals surface area contributed by atoms with Crippen molar-refractivity contribution in [1.29, 1.82) is 0 Å². The van der Waals surface area contributed by atoms with Crippen LogP contribution in [0.5, 0.6) is 0 Å². The van der Waals surface area contributed by atoms with Gasteiger partial charge in [0, 0.05) is 0 Å². The average Bonchev–Trinajstić information content (AvgIpc) is 3.44. The molecule has 0 aromatic rings. The second-order valence-electron chi connectivity index (χ2n) is 19.6. The van der Waals surface area contributed by atoms with Crippen molar-refractivity contribution < 1.29 is 168 Å². The molecule has 6 aliphatic rings. The molecular formula is C42H75O34PS. The van der Waals surface area contributed by atoms with Gasteiger partial charge in [-0.25, -0.2) is 4.57 Å². The van der Waals surface area contributed by atoms with E-state index in [-0.39, 0.29) is 6.42 Å². The molecule has 14 unspecified atom stereocenters. The summed E-state index contributed by atoms with van der Waals surface area (Å²) >= 11 is 4.12. The van der Waals surface area contributed by atoms with Crippen LogP contribution in [0.4, 0.5) is 0 Å². The molecule has 6 fully saturated rings. The van der Waals surface area contributed by atoms with Crippen molar-refractivity contribution in [3.05, 3.63) is 0 Å². The third-order valence-corrected chi connectivity index (χ3v) is 15.5.